The highest BCUT2D eigenvalue weighted by Crippen LogP contribution is 2.21. The van der Waals surface area contributed by atoms with E-state index in [1.54, 1.807) is 0 Å². The highest BCUT2D eigenvalue weighted by atomic mass is 15.3. The molecule has 1 aliphatic heterocycles. The molecule has 0 aromatic heterocycles. The van der Waals surface area contributed by atoms with Crippen molar-refractivity contribution in [3.05, 3.63) is 66.2 Å². The van der Waals surface area contributed by atoms with Gasteiger partial charge in [-0.15, -0.1) is 0 Å². The zero-order chi connectivity index (χ0) is 14.5. The Balaban J connectivity index is 1.68. The fourth-order valence-electron chi connectivity index (χ4n) is 2.86. The van der Waals surface area contributed by atoms with E-state index < -0.39 is 0 Å². The molecule has 2 aromatic carbocycles. The summed E-state index contributed by atoms with van der Waals surface area (Å²) >= 11 is 0. The van der Waals surface area contributed by atoms with E-state index >= 15 is 0 Å². The van der Waals surface area contributed by atoms with Crippen LogP contribution >= 0.6 is 0 Å². The van der Waals surface area contributed by atoms with E-state index in [-0.39, 0.29) is 6.04 Å². The maximum atomic E-state index is 9.49. The molecule has 1 atom stereocenters. The topological polar surface area (TPSA) is 30.3 Å². The normalized spacial score (nSPS) is 19.2. The molecule has 3 nitrogen and oxygen atoms in total. The highest BCUT2D eigenvalue weighted by molar-refractivity contribution is 5.49. The van der Waals surface area contributed by atoms with Gasteiger partial charge in [-0.3, -0.25) is 4.90 Å². The molecule has 106 valence electrons. The third-order valence-corrected chi connectivity index (χ3v) is 3.95. The first-order valence-corrected chi connectivity index (χ1v) is 7.34. The first-order chi connectivity index (χ1) is 10.4. The van der Waals surface area contributed by atoms with Gasteiger partial charge in [0.15, 0.2) is 0 Å². The van der Waals surface area contributed by atoms with E-state index in [4.69, 9.17) is 0 Å². The van der Waals surface area contributed by atoms with Crippen molar-refractivity contribution in [3.63, 3.8) is 0 Å². The summed E-state index contributed by atoms with van der Waals surface area (Å²) in [4.78, 5) is 4.57. The largest absolute Gasteiger partial charge is 0.353 e. The molecule has 2 aromatic rings. The van der Waals surface area contributed by atoms with Gasteiger partial charge in [0.2, 0.25) is 0 Å². The Morgan fingerprint density at radius 3 is 2.29 bits per heavy atom. The summed E-state index contributed by atoms with van der Waals surface area (Å²) in [7, 11) is 0. The lowest BCUT2D eigenvalue weighted by Crippen LogP contribution is -2.52. The Morgan fingerprint density at radius 2 is 1.62 bits per heavy atom. The van der Waals surface area contributed by atoms with E-state index in [9.17, 15) is 5.26 Å². The third-order valence-electron chi connectivity index (χ3n) is 3.95. The molecule has 1 heterocycles. The third kappa shape index (κ3) is 3.24. The molecule has 0 bridgehead atoms. The maximum Gasteiger partial charge on any atom is 0.129 e. The molecule has 0 amide bonds. The van der Waals surface area contributed by atoms with Crippen LogP contribution in [0.25, 0.3) is 0 Å². The summed E-state index contributed by atoms with van der Waals surface area (Å²) < 4.78 is 0. The Hall–Kier alpha value is -2.31. The summed E-state index contributed by atoms with van der Waals surface area (Å²) in [6, 6.07) is 23.1. The molecule has 1 aliphatic rings. The van der Waals surface area contributed by atoms with E-state index in [1.165, 1.54) is 5.56 Å². The first kappa shape index (κ1) is 13.7. The molecule has 3 rings (SSSR count). The molecule has 0 aliphatic carbocycles. The Bertz CT molecular complexity index is 603. The molecule has 0 unspecified atom stereocenters. The van der Waals surface area contributed by atoms with Gasteiger partial charge in [-0.05, 0) is 17.7 Å². The molecule has 3 heteroatoms. The monoisotopic (exact) mass is 277 g/mol. The van der Waals surface area contributed by atoms with Crippen molar-refractivity contribution in [3.8, 4) is 6.07 Å². The SMILES string of the molecule is N#C[C@@H]1CN(Cc2ccccc2)CCN1c1ccccc1. The van der Waals surface area contributed by atoms with Gasteiger partial charge in [0, 0.05) is 31.9 Å². The molecule has 0 N–H and O–H groups in total. The summed E-state index contributed by atoms with van der Waals surface area (Å²) in [6.45, 7) is 3.60. The zero-order valence-corrected chi connectivity index (χ0v) is 12.0. The van der Waals surface area contributed by atoms with Gasteiger partial charge in [-0.1, -0.05) is 48.5 Å². The van der Waals surface area contributed by atoms with Crippen LogP contribution in [0, 0.1) is 11.3 Å². The second-order valence-corrected chi connectivity index (χ2v) is 5.39. The number of hydrogen-bond donors (Lipinski definition) is 0. The smallest absolute Gasteiger partial charge is 0.129 e. The van der Waals surface area contributed by atoms with Crippen LogP contribution in [0.5, 0.6) is 0 Å². The number of hydrogen-bond acceptors (Lipinski definition) is 3. The van der Waals surface area contributed by atoms with Gasteiger partial charge in [0.1, 0.15) is 6.04 Å². The van der Waals surface area contributed by atoms with Gasteiger partial charge in [0.25, 0.3) is 0 Å². The highest BCUT2D eigenvalue weighted by Gasteiger charge is 2.26. The number of rotatable bonds is 3. The van der Waals surface area contributed by atoms with Crippen LogP contribution in [-0.2, 0) is 6.54 Å². The van der Waals surface area contributed by atoms with Crippen molar-refractivity contribution in [2.24, 2.45) is 0 Å². The fraction of sp³-hybridized carbons (Fsp3) is 0.278. The lowest BCUT2D eigenvalue weighted by atomic mass is 10.1. The van der Waals surface area contributed by atoms with Gasteiger partial charge in [-0.25, -0.2) is 0 Å². The van der Waals surface area contributed by atoms with Crippen LogP contribution in [0.15, 0.2) is 60.7 Å². The lowest BCUT2D eigenvalue weighted by Gasteiger charge is -2.39. The quantitative estimate of drug-likeness (QED) is 0.864. The number of piperazine rings is 1. The van der Waals surface area contributed by atoms with Crippen LogP contribution in [0.3, 0.4) is 0 Å². The molecule has 21 heavy (non-hydrogen) atoms. The number of para-hydroxylation sites is 1. The molecule has 0 radical (unpaired) electrons. The van der Waals surface area contributed by atoms with Gasteiger partial charge in [0.05, 0.1) is 6.07 Å². The number of anilines is 1. The van der Waals surface area contributed by atoms with Crippen LogP contribution in [-0.4, -0.2) is 30.6 Å². The lowest BCUT2D eigenvalue weighted by molar-refractivity contribution is 0.232. The van der Waals surface area contributed by atoms with Gasteiger partial charge in [-0.2, -0.15) is 5.26 Å². The summed E-state index contributed by atoms with van der Waals surface area (Å²) in [5.41, 5.74) is 2.45. The number of benzene rings is 2. The summed E-state index contributed by atoms with van der Waals surface area (Å²) in [5.74, 6) is 0. The minimum absolute atomic E-state index is 0.0788. The Morgan fingerprint density at radius 1 is 0.952 bits per heavy atom. The average Bonchev–Trinajstić information content (AvgIpc) is 2.56. The fourth-order valence-corrected chi connectivity index (χ4v) is 2.86. The van der Waals surface area contributed by atoms with E-state index in [0.29, 0.717) is 0 Å². The molecule has 1 fully saturated rings. The standard InChI is InChI=1S/C18H19N3/c19-13-18-15-20(14-16-7-3-1-4-8-16)11-12-21(18)17-9-5-2-6-10-17/h1-10,18H,11-12,14-15H2/t18-/m1/s1. The predicted octanol–water partition coefficient (Wildman–Crippen LogP) is 2.90. The molecular weight excluding hydrogens is 258 g/mol. The Labute approximate surface area is 126 Å². The number of nitriles is 1. The zero-order valence-electron chi connectivity index (χ0n) is 12.0. The minimum Gasteiger partial charge on any atom is -0.353 e. The van der Waals surface area contributed by atoms with Crippen LogP contribution in [0.4, 0.5) is 5.69 Å². The molecule has 0 saturated carbocycles. The average molecular weight is 277 g/mol. The number of nitrogens with zero attached hydrogens (tertiary/aromatic N) is 3. The molecule has 0 spiro atoms. The van der Waals surface area contributed by atoms with Crippen molar-refractivity contribution in [1.82, 2.24) is 4.90 Å². The van der Waals surface area contributed by atoms with Crippen molar-refractivity contribution >= 4 is 5.69 Å². The predicted molar refractivity (Wildman–Crippen MR) is 84.9 cm³/mol. The van der Waals surface area contributed by atoms with E-state index in [1.807, 2.05) is 24.3 Å². The van der Waals surface area contributed by atoms with Gasteiger partial charge >= 0.3 is 0 Å². The Kier molecular flexibility index (Phi) is 4.18. The van der Waals surface area contributed by atoms with Crippen molar-refractivity contribution in [1.29, 1.82) is 5.26 Å². The van der Waals surface area contributed by atoms with Crippen molar-refractivity contribution in [2.75, 3.05) is 24.5 Å². The molecule has 1 saturated heterocycles. The first-order valence-electron chi connectivity index (χ1n) is 7.34. The van der Waals surface area contributed by atoms with Crippen molar-refractivity contribution in [2.45, 2.75) is 12.6 Å². The minimum atomic E-state index is -0.0788. The maximum absolute atomic E-state index is 9.49. The summed E-state index contributed by atoms with van der Waals surface area (Å²) in [5, 5.41) is 9.49. The van der Waals surface area contributed by atoms with Crippen LogP contribution in [0.2, 0.25) is 0 Å². The van der Waals surface area contributed by atoms with E-state index in [2.05, 4.69) is 52.3 Å². The van der Waals surface area contributed by atoms with Gasteiger partial charge < -0.3 is 4.90 Å². The van der Waals surface area contributed by atoms with Crippen LogP contribution in [0.1, 0.15) is 5.56 Å². The van der Waals surface area contributed by atoms with E-state index in [0.717, 1.165) is 31.9 Å². The molecular formula is C18H19N3. The van der Waals surface area contributed by atoms with Crippen molar-refractivity contribution < 1.29 is 0 Å². The second-order valence-electron chi connectivity index (χ2n) is 5.39. The summed E-state index contributed by atoms with van der Waals surface area (Å²) in [6.07, 6.45) is 0. The van der Waals surface area contributed by atoms with Crippen LogP contribution < -0.4 is 4.90 Å². The second kappa shape index (κ2) is 6.43.